The van der Waals surface area contributed by atoms with E-state index in [4.69, 9.17) is 9.73 Å². The molecule has 0 aliphatic heterocycles. The maximum Gasteiger partial charge on any atom is 0.192 e. The zero-order valence-corrected chi connectivity index (χ0v) is 20.8. The number of nitrogens with zero attached hydrogens (tertiary/aromatic N) is 4. The molecule has 0 spiro atoms. The normalized spacial score (nSPS) is 12.1. The van der Waals surface area contributed by atoms with Crippen LogP contribution in [0.1, 0.15) is 29.7 Å². The van der Waals surface area contributed by atoms with Gasteiger partial charge in [0.25, 0.3) is 0 Å². The Labute approximate surface area is 201 Å². The number of aliphatic imine (C=N–C) groups is 1. The Morgan fingerprint density at radius 1 is 1.03 bits per heavy atom. The summed E-state index contributed by atoms with van der Waals surface area (Å²) in [5.41, 5.74) is 2.27. The minimum Gasteiger partial charge on any atom is -0.489 e. The van der Waals surface area contributed by atoms with Crippen LogP contribution in [0.5, 0.6) is 5.75 Å². The van der Waals surface area contributed by atoms with Gasteiger partial charge in [0, 0.05) is 7.05 Å². The molecule has 0 amide bonds. The molecule has 1 aromatic heterocycles. The molecule has 0 saturated heterocycles. The number of ether oxygens (including phenoxy) is 1. The standard InChI is InChI=1S/C23H30N6O.HI/c1-17-10-8-9-13-21(17)30-18(2)14-24-23(25-15-20-11-6-5-7-12-20)26-16-22-28-27-19(3)29(22)4;/h5-13,18H,14-16H2,1-4H3,(H2,24,25,26);1H. The highest BCUT2D eigenvalue weighted by molar-refractivity contribution is 14.0. The van der Waals surface area contributed by atoms with Gasteiger partial charge in [0.1, 0.15) is 17.7 Å². The van der Waals surface area contributed by atoms with Crippen molar-refractivity contribution in [1.82, 2.24) is 25.4 Å². The average Bonchev–Trinajstić information content (AvgIpc) is 3.07. The Kier molecular flexibility index (Phi) is 9.77. The molecular weight excluding hydrogens is 503 g/mol. The molecule has 2 N–H and O–H groups in total. The zero-order chi connectivity index (χ0) is 21.3. The number of guanidine groups is 1. The smallest absolute Gasteiger partial charge is 0.192 e. The number of hydrogen-bond donors (Lipinski definition) is 2. The van der Waals surface area contributed by atoms with E-state index in [1.54, 1.807) is 0 Å². The van der Waals surface area contributed by atoms with E-state index >= 15 is 0 Å². The van der Waals surface area contributed by atoms with Crippen LogP contribution in [0.25, 0.3) is 0 Å². The molecule has 3 aromatic rings. The molecule has 1 heterocycles. The molecule has 7 nitrogen and oxygen atoms in total. The van der Waals surface area contributed by atoms with Crippen molar-refractivity contribution in [3.05, 3.63) is 77.4 Å². The van der Waals surface area contributed by atoms with Crippen LogP contribution >= 0.6 is 24.0 Å². The van der Waals surface area contributed by atoms with E-state index in [2.05, 4.69) is 33.0 Å². The largest absolute Gasteiger partial charge is 0.489 e. The predicted molar refractivity (Wildman–Crippen MR) is 135 cm³/mol. The summed E-state index contributed by atoms with van der Waals surface area (Å²) in [5.74, 6) is 3.34. The van der Waals surface area contributed by atoms with Crippen LogP contribution in [0.3, 0.4) is 0 Å². The molecule has 0 aliphatic carbocycles. The molecule has 1 atom stereocenters. The van der Waals surface area contributed by atoms with Gasteiger partial charge in [0.2, 0.25) is 0 Å². The van der Waals surface area contributed by atoms with E-state index < -0.39 is 0 Å². The highest BCUT2D eigenvalue weighted by Gasteiger charge is 2.10. The fourth-order valence-corrected chi connectivity index (χ4v) is 2.88. The van der Waals surface area contributed by atoms with Crippen molar-refractivity contribution in [1.29, 1.82) is 0 Å². The summed E-state index contributed by atoms with van der Waals surface area (Å²) in [6, 6.07) is 18.2. The van der Waals surface area contributed by atoms with Gasteiger partial charge in [-0.2, -0.15) is 0 Å². The van der Waals surface area contributed by atoms with Crippen molar-refractivity contribution in [2.45, 2.75) is 40.0 Å². The Morgan fingerprint density at radius 3 is 2.42 bits per heavy atom. The summed E-state index contributed by atoms with van der Waals surface area (Å²) in [5, 5.41) is 15.1. The average molecular weight is 534 g/mol. The molecule has 1 unspecified atom stereocenters. The molecule has 0 saturated carbocycles. The number of halogens is 1. The maximum absolute atomic E-state index is 6.07. The molecule has 0 radical (unpaired) electrons. The van der Waals surface area contributed by atoms with Gasteiger partial charge < -0.3 is 19.9 Å². The Balaban J connectivity index is 0.00000341. The quantitative estimate of drug-likeness (QED) is 0.262. The molecule has 3 rings (SSSR count). The second kappa shape index (κ2) is 12.3. The summed E-state index contributed by atoms with van der Waals surface area (Å²) in [6.07, 6.45) is -0.0214. The predicted octanol–water partition coefficient (Wildman–Crippen LogP) is 3.75. The van der Waals surface area contributed by atoms with Crippen LogP contribution in [-0.2, 0) is 20.1 Å². The van der Waals surface area contributed by atoms with Crippen LogP contribution < -0.4 is 15.4 Å². The van der Waals surface area contributed by atoms with Crippen molar-refractivity contribution in [3.8, 4) is 5.75 Å². The number of rotatable bonds is 8. The van der Waals surface area contributed by atoms with Gasteiger partial charge in [-0.05, 0) is 38.0 Å². The van der Waals surface area contributed by atoms with Gasteiger partial charge in [0.05, 0.1) is 19.6 Å². The summed E-state index contributed by atoms with van der Waals surface area (Å²) in [7, 11) is 1.96. The highest BCUT2D eigenvalue weighted by atomic mass is 127. The number of aryl methyl sites for hydroxylation is 2. The van der Waals surface area contributed by atoms with Crippen molar-refractivity contribution in [2.75, 3.05) is 6.54 Å². The van der Waals surface area contributed by atoms with E-state index in [0.717, 1.165) is 28.5 Å². The van der Waals surface area contributed by atoms with E-state index in [1.165, 1.54) is 0 Å². The van der Waals surface area contributed by atoms with Crippen LogP contribution in [0.4, 0.5) is 0 Å². The fourth-order valence-electron chi connectivity index (χ4n) is 2.88. The van der Waals surface area contributed by atoms with E-state index in [1.807, 2.05) is 74.9 Å². The number of benzene rings is 2. The van der Waals surface area contributed by atoms with E-state index in [0.29, 0.717) is 25.6 Å². The summed E-state index contributed by atoms with van der Waals surface area (Å²) >= 11 is 0. The molecule has 166 valence electrons. The third-order valence-electron chi connectivity index (χ3n) is 4.84. The summed E-state index contributed by atoms with van der Waals surface area (Å²) in [4.78, 5) is 4.72. The molecule has 8 heteroatoms. The Hall–Kier alpha value is -2.62. The van der Waals surface area contributed by atoms with Crippen molar-refractivity contribution >= 4 is 29.9 Å². The lowest BCUT2D eigenvalue weighted by Crippen LogP contribution is -2.42. The summed E-state index contributed by atoms with van der Waals surface area (Å²) < 4.78 is 8.04. The SMILES string of the molecule is Cc1ccccc1OC(C)CNC(=NCc1ccccc1)NCc1nnc(C)n1C.I. The van der Waals surface area contributed by atoms with Gasteiger partial charge in [-0.15, -0.1) is 34.2 Å². The second-order valence-electron chi connectivity index (χ2n) is 7.30. The lowest BCUT2D eigenvalue weighted by Gasteiger charge is -2.19. The minimum absolute atomic E-state index is 0. The Morgan fingerprint density at radius 2 is 1.74 bits per heavy atom. The van der Waals surface area contributed by atoms with Gasteiger partial charge >= 0.3 is 0 Å². The maximum atomic E-state index is 6.07. The third kappa shape index (κ3) is 7.54. The van der Waals surface area contributed by atoms with Crippen molar-refractivity contribution in [2.24, 2.45) is 12.0 Å². The highest BCUT2D eigenvalue weighted by Crippen LogP contribution is 2.17. The monoisotopic (exact) mass is 534 g/mol. The molecule has 31 heavy (non-hydrogen) atoms. The lowest BCUT2D eigenvalue weighted by atomic mass is 10.2. The second-order valence-corrected chi connectivity index (χ2v) is 7.30. The van der Waals surface area contributed by atoms with Gasteiger partial charge in [-0.25, -0.2) is 4.99 Å². The number of aromatic nitrogens is 3. The Bertz CT molecular complexity index is 973. The number of hydrogen-bond acceptors (Lipinski definition) is 4. The van der Waals surface area contributed by atoms with Crippen molar-refractivity contribution in [3.63, 3.8) is 0 Å². The molecule has 0 aliphatic rings. The van der Waals surface area contributed by atoms with Crippen LogP contribution in [-0.4, -0.2) is 33.4 Å². The molecular formula is C23H31IN6O. The first-order valence-electron chi connectivity index (χ1n) is 10.2. The van der Waals surface area contributed by atoms with E-state index in [-0.39, 0.29) is 30.1 Å². The number of para-hydroxylation sites is 1. The first-order chi connectivity index (χ1) is 14.5. The summed E-state index contributed by atoms with van der Waals surface area (Å²) in [6.45, 7) is 7.76. The van der Waals surface area contributed by atoms with Crippen LogP contribution in [0.2, 0.25) is 0 Å². The first kappa shape index (κ1) is 24.6. The van der Waals surface area contributed by atoms with E-state index in [9.17, 15) is 0 Å². The van der Waals surface area contributed by atoms with Gasteiger partial charge in [-0.3, -0.25) is 0 Å². The van der Waals surface area contributed by atoms with Crippen molar-refractivity contribution < 1.29 is 4.74 Å². The zero-order valence-electron chi connectivity index (χ0n) is 18.5. The lowest BCUT2D eigenvalue weighted by molar-refractivity contribution is 0.222. The minimum atomic E-state index is -0.0214. The molecule has 0 bridgehead atoms. The van der Waals surface area contributed by atoms with Gasteiger partial charge in [0.15, 0.2) is 11.8 Å². The van der Waals surface area contributed by atoms with Crippen LogP contribution in [0, 0.1) is 13.8 Å². The first-order valence-corrected chi connectivity index (χ1v) is 10.2. The molecule has 2 aromatic carbocycles. The van der Waals surface area contributed by atoms with Gasteiger partial charge in [-0.1, -0.05) is 48.5 Å². The molecule has 0 fully saturated rings. The van der Waals surface area contributed by atoms with Crippen LogP contribution in [0.15, 0.2) is 59.6 Å². The fraction of sp³-hybridized carbons (Fsp3) is 0.348. The third-order valence-corrected chi connectivity index (χ3v) is 4.84. The topological polar surface area (TPSA) is 76.4 Å². The number of nitrogens with one attached hydrogen (secondary N) is 2.